The zero-order valence-corrected chi connectivity index (χ0v) is 8.68. The van der Waals surface area contributed by atoms with Gasteiger partial charge in [-0.1, -0.05) is 30.3 Å². The van der Waals surface area contributed by atoms with E-state index in [1.807, 2.05) is 6.07 Å². The van der Waals surface area contributed by atoms with Crippen molar-refractivity contribution >= 4 is 11.9 Å². The molecule has 0 aliphatic rings. The number of aliphatic imine (C=N–C) groups is 1. The number of benzene rings is 1. The van der Waals surface area contributed by atoms with Crippen LogP contribution in [0.25, 0.3) is 0 Å². The van der Waals surface area contributed by atoms with Crippen LogP contribution in [0.2, 0.25) is 0 Å². The minimum atomic E-state index is -0.988. The molecule has 0 saturated heterocycles. The van der Waals surface area contributed by atoms with Gasteiger partial charge in [-0.05, 0) is 5.56 Å². The summed E-state index contributed by atoms with van der Waals surface area (Å²) in [4.78, 5) is 14.9. The summed E-state index contributed by atoms with van der Waals surface area (Å²) in [6, 6.07) is 7.95. The molecule has 0 heterocycles. The van der Waals surface area contributed by atoms with E-state index >= 15 is 0 Å². The fraction of sp³-hybridized carbons (Fsp3) is 0.273. The molecule has 1 rings (SSSR count). The van der Waals surface area contributed by atoms with Crippen molar-refractivity contribution in [3.8, 4) is 0 Å². The van der Waals surface area contributed by atoms with E-state index in [2.05, 4.69) is 4.99 Å². The number of hydrogen-bond acceptors (Lipinski definition) is 3. The Kier molecular flexibility index (Phi) is 3.85. The molecule has 0 aliphatic heterocycles. The molecule has 1 unspecified atom stereocenters. The van der Waals surface area contributed by atoms with E-state index in [0.717, 1.165) is 0 Å². The van der Waals surface area contributed by atoms with Gasteiger partial charge in [-0.3, -0.25) is 0 Å². The highest BCUT2D eigenvalue weighted by molar-refractivity contribution is 5.81. The highest BCUT2D eigenvalue weighted by atomic mass is 16.5. The first-order valence-corrected chi connectivity index (χ1v) is 4.51. The molecular formula is C11H13NO3. The van der Waals surface area contributed by atoms with Crippen LogP contribution in [0.4, 0.5) is 0 Å². The molecule has 1 aromatic carbocycles. The van der Waals surface area contributed by atoms with Gasteiger partial charge >= 0.3 is 5.97 Å². The van der Waals surface area contributed by atoms with Crippen LogP contribution in [0.1, 0.15) is 18.5 Å². The van der Waals surface area contributed by atoms with Crippen molar-refractivity contribution in [1.82, 2.24) is 0 Å². The Balaban J connectivity index is 2.99. The van der Waals surface area contributed by atoms with Gasteiger partial charge in [0.05, 0.1) is 7.11 Å². The number of carboxylic acid groups (broad SMARTS) is 1. The Labute approximate surface area is 88.2 Å². The first kappa shape index (κ1) is 11.2. The van der Waals surface area contributed by atoms with E-state index in [0.29, 0.717) is 11.5 Å². The normalized spacial score (nSPS) is 13.3. The molecule has 0 saturated carbocycles. The van der Waals surface area contributed by atoms with Gasteiger partial charge in [0.15, 0.2) is 11.9 Å². The molecule has 1 aromatic rings. The summed E-state index contributed by atoms with van der Waals surface area (Å²) < 4.78 is 4.84. The first-order chi connectivity index (χ1) is 7.15. The second kappa shape index (κ2) is 5.14. The molecule has 4 nitrogen and oxygen atoms in total. The summed E-state index contributed by atoms with van der Waals surface area (Å²) in [5, 5.41) is 9.01. The lowest BCUT2D eigenvalue weighted by Gasteiger charge is -2.08. The maximum absolute atomic E-state index is 11.0. The predicted molar refractivity (Wildman–Crippen MR) is 56.9 cm³/mol. The van der Waals surface area contributed by atoms with Crippen LogP contribution in [0.5, 0.6) is 0 Å². The third-order valence-electron chi connectivity index (χ3n) is 1.96. The largest absolute Gasteiger partial charge is 0.484 e. The third kappa shape index (κ3) is 3.09. The molecule has 0 bridgehead atoms. The lowest BCUT2D eigenvalue weighted by atomic mass is 10.1. The lowest BCUT2D eigenvalue weighted by Crippen LogP contribution is -2.11. The molecule has 15 heavy (non-hydrogen) atoms. The van der Waals surface area contributed by atoms with Crippen LogP contribution < -0.4 is 0 Å². The smallest absolute Gasteiger partial charge is 0.333 e. The second-order valence-corrected chi connectivity index (χ2v) is 3.00. The van der Waals surface area contributed by atoms with Crippen LogP contribution in [0, 0.1) is 0 Å². The summed E-state index contributed by atoms with van der Waals surface area (Å²) in [6.07, 6.45) is 0. The zero-order chi connectivity index (χ0) is 11.3. The van der Waals surface area contributed by atoms with Gasteiger partial charge in [0.1, 0.15) is 0 Å². The van der Waals surface area contributed by atoms with Crippen LogP contribution in [0.3, 0.4) is 0 Å². The number of hydrogen-bond donors (Lipinski definition) is 1. The third-order valence-corrected chi connectivity index (χ3v) is 1.96. The van der Waals surface area contributed by atoms with Gasteiger partial charge in [-0.2, -0.15) is 0 Å². The van der Waals surface area contributed by atoms with Gasteiger partial charge in [-0.15, -0.1) is 0 Å². The minimum Gasteiger partial charge on any atom is -0.484 e. The topological polar surface area (TPSA) is 58.9 Å². The van der Waals surface area contributed by atoms with E-state index in [1.165, 1.54) is 7.11 Å². The fourth-order valence-corrected chi connectivity index (χ4v) is 1.14. The van der Waals surface area contributed by atoms with Gasteiger partial charge < -0.3 is 9.84 Å². The van der Waals surface area contributed by atoms with Crippen molar-refractivity contribution in [2.45, 2.75) is 13.0 Å². The second-order valence-electron chi connectivity index (χ2n) is 3.00. The number of methoxy groups -OCH3 is 1. The first-order valence-electron chi connectivity index (χ1n) is 4.51. The van der Waals surface area contributed by atoms with Crippen molar-refractivity contribution in [2.75, 3.05) is 7.11 Å². The van der Waals surface area contributed by atoms with Crippen molar-refractivity contribution < 1.29 is 14.6 Å². The molecular weight excluding hydrogens is 194 g/mol. The van der Waals surface area contributed by atoms with Gasteiger partial charge in [0, 0.05) is 6.92 Å². The average molecular weight is 207 g/mol. The maximum atomic E-state index is 11.0. The SMILES string of the molecule is COC(C)=NC(C(=O)O)c1ccccc1. The summed E-state index contributed by atoms with van der Waals surface area (Å²) in [5.74, 6) is -0.635. The fourth-order valence-electron chi connectivity index (χ4n) is 1.14. The minimum absolute atomic E-state index is 0.353. The standard InChI is InChI=1S/C11H13NO3/c1-8(15-2)12-10(11(13)14)9-6-4-3-5-7-9/h3-7,10H,1-2H3,(H,13,14). The highest BCUT2D eigenvalue weighted by Gasteiger charge is 2.18. The molecule has 0 aliphatic carbocycles. The van der Waals surface area contributed by atoms with Crippen LogP contribution >= 0.6 is 0 Å². The Bertz CT molecular complexity index is 359. The van der Waals surface area contributed by atoms with E-state index in [-0.39, 0.29) is 0 Å². The van der Waals surface area contributed by atoms with Gasteiger partial charge in [-0.25, -0.2) is 9.79 Å². The Hall–Kier alpha value is -1.84. The van der Waals surface area contributed by atoms with Crippen molar-refractivity contribution in [2.24, 2.45) is 4.99 Å². The lowest BCUT2D eigenvalue weighted by molar-refractivity contribution is -0.138. The predicted octanol–water partition coefficient (Wildman–Crippen LogP) is 1.88. The highest BCUT2D eigenvalue weighted by Crippen LogP contribution is 2.17. The molecule has 4 heteroatoms. The van der Waals surface area contributed by atoms with Gasteiger partial charge in [0.2, 0.25) is 0 Å². The summed E-state index contributed by atoms with van der Waals surface area (Å²) in [7, 11) is 1.46. The van der Waals surface area contributed by atoms with E-state index in [1.54, 1.807) is 31.2 Å². The van der Waals surface area contributed by atoms with Crippen molar-refractivity contribution in [1.29, 1.82) is 0 Å². The molecule has 0 fully saturated rings. The number of aliphatic carboxylic acids is 1. The van der Waals surface area contributed by atoms with E-state index in [9.17, 15) is 4.79 Å². The molecule has 0 radical (unpaired) electrons. The molecule has 0 amide bonds. The number of nitrogens with zero attached hydrogens (tertiary/aromatic N) is 1. The van der Waals surface area contributed by atoms with E-state index < -0.39 is 12.0 Å². The van der Waals surface area contributed by atoms with Crippen LogP contribution in [-0.4, -0.2) is 24.1 Å². The maximum Gasteiger partial charge on any atom is 0.333 e. The Morgan fingerprint density at radius 2 is 2.00 bits per heavy atom. The van der Waals surface area contributed by atoms with Crippen molar-refractivity contribution in [3.05, 3.63) is 35.9 Å². The number of carboxylic acids is 1. The number of ether oxygens (including phenoxy) is 1. The average Bonchev–Trinajstić information content (AvgIpc) is 2.26. The summed E-state index contributed by atoms with van der Waals surface area (Å²) in [6.45, 7) is 1.62. The van der Waals surface area contributed by atoms with Crippen molar-refractivity contribution in [3.63, 3.8) is 0 Å². The van der Waals surface area contributed by atoms with Gasteiger partial charge in [0.25, 0.3) is 0 Å². The molecule has 0 aromatic heterocycles. The number of rotatable bonds is 3. The molecule has 1 atom stereocenters. The Morgan fingerprint density at radius 1 is 1.40 bits per heavy atom. The molecule has 1 N–H and O–H groups in total. The number of carbonyl (C=O) groups is 1. The zero-order valence-electron chi connectivity index (χ0n) is 8.68. The van der Waals surface area contributed by atoms with Crippen LogP contribution in [0.15, 0.2) is 35.3 Å². The molecule has 0 spiro atoms. The van der Waals surface area contributed by atoms with E-state index in [4.69, 9.17) is 9.84 Å². The summed E-state index contributed by atoms with van der Waals surface area (Å²) >= 11 is 0. The quantitative estimate of drug-likeness (QED) is 0.608. The molecule has 80 valence electrons. The van der Waals surface area contributed by atoms with Crippen LogP contribution in [-0.2, 0) is 9.53 Å². The summed E-state index contributed by atoms with van der Waals surface area (Å²) in [5.41, 5.74) is 0.640. The Morgan fingerprint density at radius 3 is 2.47 bits per heavy atom. The monoisotopic (exact) mass is 207 g/mol.